The van der Waals surface area contributed by atoms with Crippen LogP contribution in [0.2, 0.25) is 0 Å². The number of aliphatic carboxylic acids is 8. The largest absolute Gasteiger partial charge is 0.548 e. The third kappa shape index (κ3) is 15.0. The lowest BCUT2D eigenvalue weighted by atomic mass is 10.1. The molecule has 0 saturated carbocycles. The molecule has 20 nitrogen and oxygen atoms in total. The molecule has 0 radical (unpaired) electrons. The molecule has 5 N–H and O–H groups in total. The van der Waals surface area contributed by atoms with Gasteiger partial charge in [0.15, 0.2) is 0 Å². The number of carbonyl (C=O) groups excluding carboxylic acids is 3. The minimum Gasteiger partial charge on any atom is -0.548 e. The maximum absolute atomic E-state index is 12.3. The summed E-state index contributed by atoms with van der Waals surface area (Å²) in [6.07, 6.45) is -4.14. The van der Waals surface area contributed by atoms with Crippen LogP contribution in [0.5, 0.6) is 0 Å². The maximum Gasteiger partial charge on any atom is 0.320 e. The smallest absolute Gasteiger partial charge is 0.320 e. The van der Waals surface area contributed by atoms with Crippen LogP contribution in [0.1, 0.15) is 51.4 Å². The van der Waals surface area contributed by atoms with Gasteiger partial charge in [-0.2, -0.15) is 0 Å². The Kier molecular flexibility index (Phi) is 18.0. The first kappa shape index (κ1) is 41.6. The zero-order valence-electron chi connectivity index (χ0n) is 26.1. The fraction of sp³-hybridized carbons (Fsp3) is 0.714. The van der Waals surface area contributed by atoms with Crippen LogP contribution in [0.25, 0.3) is 0 Å². The van der Waals surface area contributed by atoms with E-state index < -0.39 is 123 Å². The van der Waals surface area contributed by atoms with E-state index in [0.29, 0.717) is 0 Å². The first-order valence-electron chi connectivity index (χ1n) is 15.1. The molecule has 0 aromatic heterocycles. The molecule has 48 heavy (non-hydrogen) atoms. The van der Waals surface area contributed by atoms with Crippen LogP contribution in [0.15, 0.2) is 0 Å². The van der Waals surface area contributed by atoms with Crippen LogP contribution in [-0.2, 0) is 38.4 Å². The Labute approximate surface area is 274 Å². The first-order chi connectivity index (χ1) is 22.4. The van der Waals surface area contributed by atoms with Gasteiger partial charge in [-0.25, -0.2) is 0 Å². The SMILES string of the molecule is O=C(O)CC[C@@H](C(=O)[O-])N1CCN([C@@H](CCC(=O)O)C(=O)[O-])CCN([C@@H](CCC(=O)O)C(=O)O)CCN([C@@H](CCC(=O)O)C(=O)[O-])CC1. The van der Waals surface area contributed by atoms with E-state index in [0.717, 1.165) is 0 Å². The van der Waals surface area contributed by atoms with E-state index in [1.54, 1.807) is 0 Å². The molecule has 0 aliphatic carbocycles. The van der Waals surface area contributed by atoms with Gasteiger partial charge in [0, 0.05) is 96.2 Å². The highest BCUT2D eigenvalue weighted by molar-refractivity contribution is 5.76. The normalized spacial score (nSPS) is 18.7. The Morgan fingerprint density at radius 3 is 0.750 bits per heavy atom. The average molecular weight is 690 g/mol. The molecule has 1 aliphatic heterocycles. The summed E-state index contributed by atoms with van der Waals surface area (Å²) in [6.45, 7) is -2.28. The first-order valence-corrected chi connectivity index (χ1v) is 15.1. The summed E-state index contributed by atoms with van der Waals surface area (Å²) in [4.78, 5) is 98.8. The average Bonchev–Trinajstić information content (AvgIpc) is 2.95. The van der Waals surface area contributed by atoms with Crippen molar-refractivity contribution in [1.29, 1.82) is 0 Å². The van der Waals surface area contributed by atoms with Crippen molar-refractivity contribution in [3.8, 4) is 0 Å². The van der Waals surface area contributed by atoms with Crippen LogP contribution in [0.4, 0.5) is 0 Å². The molecule has 1 fully saturated rings. The third-order valence-corrected chi connectivity index (χ3v) is 8.09. The molecular formula is C28H41N4O16-3. The van der Waals surface area contributed by atoms with Crippen molar-refractivity contribution in [2.75, 3.05) is 52.4 Å². The predicted molar refractivity (Wildman–Crippen MR) is 152 cm³/mol. The van der Waals surface area contributed by atoms with Gasteiger partial charge in [0.2, 0.25) is 0 Å². The topological polar surface area (TPSA) is 320 Å². The Balaban J connectivity index is 3.70. The Morgan fingerprint density at radius 2 is 0.583 bits per heavy atom. The number of rotatable bonds is 20. The summed E-state index contributed by atoms with van der Waals surface area (Å²) in [5, 5.41) is 83.1. The predicted octanol–water partition coefficient (Wildman–Crippen LogP) is -5.52. The number of nitrogens with zero attached hydrogens (tertiary/aromatic N) is 4. The molecule has 20 heteroatoms. The fourth-order valence-electron chi connectivity index (χ4n) is 5.57. The van der Waals surface area contributed by atoms with E-state index in [4.69, 9.17) is 15.3 Å². The summed E-state index contributed by atoms with van der Waals surface area (Å²) >= 11 is 0. The second kappa shape index (κ2) is 20.8. The highest BCUT2D eigenvalue weighted by Crippen LogP contribution is 2.17. The Bertz CT molecular complexity index is 974. The zero-order chi connectivity index (χ0) is 36.6. The van der Waals surface area contributed by atoms with Gasteiger partial charge in [0.25, 0.3) is 0 Å². The van der Waals surface area contributed by atoms with Crippen LogP contribution in [0.3, 0.4) is 0 Å². The molecule has 1 saturated heterocycles. The molecule has 0 amide bonds. The maximum atomic E-state index is 12.3. The van der Waals surface area contributed by atoms with E-state index >= 15 is 0 Å². The lowest BCUT2D eigenvalue weighted by Gasteiger charge is -2.42. The summed E-state index contributed by atoms with van der Waals surface area (Å²) in [7, 11) is 0. The van der Waals surface area contributed by atoms with E-state index in [-0.39, 0.29) is 52.4 Å². The lowest BCUT2D eigenvalue weighted by Crippen LogP contribution is -2.59. The molecule has 0 unspecified atom stereocenters. The summed E-state index contributed by atoms with van der Waals surface area (Å²) in [6, 6.07) is -6.11. The van der Waals surface area contributed by atoms with Crippen LogP contribution < -0.4 is 15.3 Å². The number of hydrogen-bond donors (Lipinski definition) is 5. The van der Waals surface area contributed by atoms with Crippen molar-refractivity contribution in [2.45, 2.75) is 75.5 Å². The molecular weight excluding hydrogens is 648 g/mol. The number of carboxylic acid groups (broad SMARTS) is 8. The number of carboxylic acids is 8. The molecule has 1 rings (SSSR count). The van der Waals surface area contributed by atoms with Gasteiger partial charge in [-0.05, 0) is 25.7 Å². The van der Waals surface area contributed by atoms with Crippen molar-refractivity contribution < 1.29 is 79.2 Å². The standard InChI is InChI=1S/C28H44N4O16/c33-21(34)5-1-17(25(41)42)29-9-11-30(18(26(43)44)2-6-22(35)36)13-15-32(20(28(47)48)4-8-24(39)40)16-14-31(12-10-29)19(27(45)46)3-7-23(37)38/h17-20H,1-16H2,(H,33,34)(H,35,36)(H,37,38)(H,39,40)(H,41,42)(H,43,44)(H,45,46)(H,47,48)/p-3/t17-,18-,19-,20-/m0/s1. The van der Waals surface area contributed by atoms with Gasteiger partial charge in [0.1, 0.15) is 6.04 Å². The Hall–Kier alpha value is -4.40. The van der Waals surface area contributed by atoms with Gasteiger partial charge in [-0.3, -0.25) is 43.6 Å². The van der Waals surface area contributed by atoms with E-state index in [2.05, 4.69) is 0 Å². The molecule has 0 aromatic rings. The summed E-state index contributed by atoms with van der Waals surface area (Å²) in [5.41, 5.74) is 0. The van der Waals surface area contributed by atoms with Crippen molar-refractivity contribution in [2.24, 2.45) is 0 Å². The van der Waals surface area contributed by atoms with Crippen molar-refractivity contribution in [1.82, 2.24) is 19.6 Å². The van der Waals surface area contributed by atoms with E-state index in [9.17, 15) is 63.9 Å². The molecule has 0 spiro atoms. The Morgan fingerprint density at radius 1 is 0.396 bits per heavy atom. The molecule has 0 aromatic carbocycles. The zero-order valence-corrected chi connectivity index (χ0v) is 26.1. The molecule has 1 heterocycles. The van der Waals surface area contributed by atoms with Gasteiger partial charge in [-0.15, -0.1) is 0 Å². The van der Waals surface area contributed by atoms with E-state index in [1.807, 2.05) is 0 Å². The van der Waals surface area contributed by atoms with Crippen molar-refractivity contribution in [3.63, 3.8) is 0 Å². The van der Waals surface area contributed by atoms with Crippen molar-refractivity contribution in [3.05, 3.63) is 0 Å². The van der Waals surface area contributed by atoms with Crippen molar-refractivity contribution >= 4 is 47.8 Å². The molecule has 0 bridgehead atoms. The van der Waals surface area contributed by atoms with Gasteiger partial charge in [-0.1, -0.05) is 0 Å². The summed E-state index contributed by atoms with van der Waals surface area (Å²) in [5.74, 6) is -11.7. The van der Waals surface area contributed by atoms with Crippen LogP contribution >= 0.6 is 0 Å². The monoisotopic (exact) mass is 689 g/mol. The van der Waals surface area contributed by atoms with Crippen LogP contribution in [-0.4, -0.2) is 169 Å². The molecule has 272 valence electrons. The van der Waals surface area contributed by atoms with E-state index in [1.165, 1.54) is 19.6 Å². The fourth-order valence-corrected chi connectivity index (χ4v) is 5.57. The second-order valence-corrected chi connectivity index (χ2v) is 11.2. The molecule has 1 aliphatic rings. The van der Waals surface area contributed by atoms with Gasteiger partial charge >= 0.3 is 29.8 Å². The highest BCUT2D eigenvalue weighted by atomic mass is 16.4. The van der Waals surface area contributed by atoms with Gasteiger partial charge < -0.3 is 55.2 Å². The minimum absolute atomic E-state index is 0.269. The number of carbonyl (C=O) groups is 8. The lowest BCUT2D eigenvalue weighted by molar-refractivity contribution is -0.314. The number of hydrogen-bond acceptors (Lipinski definition) is 15. The minimum atomic E-state index is -1.68. The molecule has 4 atom stereocenters. The summed E-state index contributed by atoms with van der Waals surface area (Å²) < 4.78 is 0. The second-order valence-electron chi connectivity index (χ2n) is 11.2. The van der Waals surface area contributed by atoms with Crippen LogP contribution in [0, 0.1) is 0 Å². The third-order valence-electron chi connectivity index (χ3n) is 8.09. The highest BCUT2D eigenvalue weighted by Gasteiger charge is 2.32. The quantitative estimate of drug-likeness (QED) is 0.0795. The van der Waals surface area contributed by atoms with Gasteiger partial charge in [0.05, 0.1) is 17.9 Å².